The molecule has 0 spiro atoms. The van der Waals surface area contributed by atoms with Gasteiger partial charge in [0.25, 0.3) is 0 Å². The van der Waals surface area contributed by atoms with Gasteiger partial charge in [-0.15, -0.1) is 0 Å². The first-order valence-electron chi connectivity index (χ1n) is 4.01. The van der Waals surface area contributed by atoms with Crippen molar-refractivity contribution in [2.45, 2.75) is 45.3 Å². The minimum atomic E-state index is -1.22. The van der Waals surface area contributed by atoms with Crippen LogP contribution < -0.4 is 0 Å². The molecule has 0 radical (unpaired) electrons. The van der Waals surface area contributed by atoms with Crippen molar-refractivity contribution in [3.63, 3.8) is 0 Å². The van der Waals surface area contributed by atoms with E-state index in [1.165, 1.54) is 0 Å². The van der Waals surface area contributed by atoms with Gasteiger partial charge < -0.3 is 9.84 Å². The highest BCUT2D eigenvalue weighted by Crippen LogP contribution is 2.27. The lowest BCUT2D eigenvalue weighted by molar-refractivity contribution is -0.0114. The molecule has 0 amide bonds. The zero-order valence-electron chi connectivity index (χ0n) is 7.12. The van der Waals surface area contributed by atoms with Gasteiger partial charge in [-0.1, -0.05) is 13.8 Å². The molecule has 0 aromatic heterocycles. The van der Waals surface area contributed by atoms with Crippen molar-refractivity contribution in [3.05, 3.63) is 0 Å². The van der Waals surface area contributed by atoms with Crippen LogP contribution in [-0.2, 0) is 4.74 Å². The fourth-order valence-electron chi connectivity index (χ4n) is 1.41. The number of aliphatic hydroxyl groups excluding tert-OH is 1. The Morgan fingerprint density at radius 1 is 1.45 bits per heavy atom. The van der Waals surface area contributed by atoms with Gasteiger partial charge in [0.05, 0.1) is 12.2 Å². The summed E-state index contributed by atoms with van der Waals surface area (Å²) in [6, 6.07) is 0. The molecule has 0 aliphatic carbocycles. The summed E-state index contributed by atoms with van der Waals surface area (Å²) in [4.78, 5) is 0. The summed E-state index contributed by atoms with van der Waals surface area (Å²) < 4.78 is 18.2. The maximum absolute atomic E-state index is 12.9. The van der Waals surface area contributed by atoms with Crippen LogP contribution in [0, 0.1) is 5.92 Å². The minimum absolute atomic E-state index is 0.174. The zero-order chi connectivity index (χ0) is 8.59. The van der Waals surface area contributed by atoms with Gasteiger partial charge >= 0.3 is 0 Å². The molecule has 2 nitrogen and oxygen atoms in total. The standard InChI is InChI=1S/C8H15FO2/c1-4(2)8-7(10)6(9)5(3)11-8/h4-8,10H,1-3H3/t5-,6+,7-,8+/m0/s1. The average molecular weight is 162 g/mol. The van der Waals surface area contributed by atoms with Crippen LogP contribution in [0.5, 0.6) is 0 Å². The Kier molecular flexibility index (Phi) is 2.50. The Balaban J connectivity index is 2.59. The second-order valence-corrected chi connectivity index (χ2v) is 3.48. The van der Waals surface area contributed by atoms with Crippen molar-refractivity contribution >= 4 is 0 Å². The number of hydrogen-bond acceptors (Lipinski definition) is 2. The van der Waals surface area contributed by atoms with E-state index in [4.69, 9.17) is 4.74 Å². The third-order valence-corrected chi connectivity index (χ3v) is 2.14. The van der Waals surface area contributed by atoms with Crippen molar-refractivity contribution in [1.29, 1.82) is 0 Å². The van der Waals surface area contributed by atoms with E-state index >= 15 is 0 Å². The fraction of sp³-hybridized carbons (Fsp3) is 1.00. The normalized spacial score (nSPS) is 45.3. The Bertz CT molecular complexity index is 138. The Hall–Kier alpha value is -0.150. The van der Waals surface area contributed by atoms with Crippen LogP contribution in [0.3, 0.4) is 0 Å². The van der Waals surface area contributed by atoms with Gasteiger partial charge in [0.1, 0.15) is 6.10 Å². The van der Waals surface area contributed by atoms with E-state index in [-0.39, 0.29) is 12.0 Å². The highest BCUT2D eigenvalue weighted by Gasteiger charge is 2.42. The summed E-state index contributed by atoms with van der Waals surface area (Å²) in [7, 11) is 0. The van der Waals surface area contributed by atoms with E-state index in [0.717, 1.165) is 0 Å². The predicted octanol–water partition coefficient (Wildman–Crippen LogP) is 1.13. The minimum Gasteiger partial charge on any atom is -0.387 e. The molecule has 1 aliphatic heterocycles. The molecule has 0 aromatic rings. The molecule has 66 valence electrons. The molecule has 0 unspecified atom stereocenters. The van der Waals surface area contributed by atoms with Gasteiger partial charge in [-0.05, 0) is 12.8 Å². The fourth-order valence-corrected chi connectivity index (χ4v) is 1.41. The monoisotopic (exact) mass is 162 g/mol. The quantitative estimate of drug-likeness (QED) is 0.626. The first-order chi connectivity index (χ1) is 5.04. The highest BCUT2D eigenvalue weighted by molar-refractivity contribution is 4.89. The molecule has 1 N–H and O–H groups in total. The van der Waals surface area contributed by atoms with Crippen LogP contribution in [0.4, 0.5) is 4.39 Å². The topological polar surface area (TPSA) is 29.5 Å². The number of alkyl halides is 1. The first-order valence-corrected chi connectivity index (χ1v) is 4.01. The summed E-state index contributed by atoms with van der Waals surface area (Å²) in [5, 5.41) is 9.30. The number of rotatable bonds is 1. The van der Waals surface area contributed by atoms with Crippen LogP contribution in [0.2, 0.25) is 0 Å². The van der Waals surface area contributed by atoms with Crippen LogP contribution in [0.1, 0.15) is 20.8 Å². The average Bonchev–Trinajstić information content (AvgIpc) is 2.17. The van der Waals surface area contributed by atoms with Gasteiger partial charge in [-0.25, -0.2) is 4.39 Å². The van der Waals surface area contributed by atoms with E-state index < -0.39 is 18.4 Å². The van der Waals surface area contributed by atoms with E-state index in [0.29, 0.717) is 0 Å². The summed E-state index contributed by atoms with van der Waals surface area (Å²) in [6.07, 6.45) is -2.95. The maximum atomic E-state index is 12.9. The SMILES string of the molecule is CC(C)[C@H]1O[C@@H](C)[C@@H](F)[C@@H]1O. The third kappa shape index (κ3) is 1.54. The van der Waals surface area contributed by atoms with Crippen molar-refractivity contribution in [2.24, 2.45) is 5.92 Å². The molecule has 1 fully saturated rings. The third-order valence-electron chi connectivity index (χ3n) is 2.14. The van der Waals surface area contributed by atoms with Crippen molar-refractivity contribution in [1.82, 2.24) is 0 Å². The van der Waals surface area contributed by atoms with Gasteiger partial charge in [0, 0.05) is 0 Å². The predicted molar refractivity (Wildman–Crippen MR) is 40.1 cm³/mol. The lowest BCUT2D eigenvalue weighted by atomic mass is 10.0. The molecule has 0 saturated carbocycles. The van der Waals surface area contributed by atoms with E-state index in [1.807, 2.05) is 13.8 Å². The Labute approximate surface area is 66.4 Å². The van der Waals surface area contributed by atoms with Gasteiger partial charge in [-0.3, -0.25) is 0 Å². The van der Waals surface area contributed by atoms with Crippen LogP contribution in [0.25, 0.3) is 0 Å². The number of aliphatic hydroxyl groups is 1. The zero-order valence-corrected chi connectivity index (χ0v) is 7.12. The Morgan fingerprint density at radius 2 is 2.00 bits per heavy atom. The smallest absolute Gasteiger partial charge is 0.154 e. The molecule has 0 aromatic carbocycles. The molecule has 1 aliphatic rings. The molecule has 0 bridgehead atoms. The summed E-state index contributed by atoms with van der Waals surface area (Å²) in [5.41, 5.74) is 0. The molecule has 3 heteroatoms. The van der Waals surface area contributed by atoms with Gasteiger partial charge in [0.15, 0.2) is 6.17 Å². The molecule has 4 atom stereocenters. The summed E-state index contributed by atoms with van der Waals surface area (Å²) in [5.74, 6) is 0.174. The Morgan fingerprint density at radius 3 is 2.18 bits per heavy atom. The highest BCUT2D eigenvalue weighted by atomic mass is 19.1. The lowest BCUT2D eigenvalue weighted by Gasteiger charge is -2.17. The maximum Gasteiger partial charge on any atom is 0.154 e. The van der Waals surface area contributed by atoms with Crippen molar-refractivity contribution < 1.29 is 14.2 Å². The molecule has 1 heterocycles. The van der Waals surface area contributed by atoms with Crippen LogP contribution >= 0.6 is 0 Å². The molecular weight excluding hydrogens is 147 g/mol. The van der Waals surface area contributed by atoms with E-state index in [9.17, 15) is 9.50 Å². The molecule has 11 heavy (non-hydrogen) atoms. The van der Waals surface area contributed by atoms with E-state index in [2.05, 4.69) is 0 Å². The molecule has 1 rings (SSSR count). The van der Waals surface area contributed by atoms with Crippen LogP contribution in [0.15, 0.2) is 0 Å². The summed E-state index contributed by atoms with van der Waals surface area (Å²) >= 11 is 0. The molecular formula is C8H15FO2. The lowest BCUT2D eigenvalue weighted by Crippen LogP contribution is -2.31. The largest absolute Gasteiger partial charge is 0.387 e. The first kappa shape index (κ1) is 8.94. The molecule has 1 saturated heterocycles. The van der Waals surface area contributed by atoms with Crippen molar-refractivity contribution in [2.75, 3.05) is 0 Å². The second kappa shape index (κ2) is 3.07. The number of hydrogen-bond donors (Lipinski definition) is 1. The van der Waals surface area contributed by atoms with Gasteiger partial charge in [-0.2, -0.15) is 0 Å². The van der Waals surface area contributed by atoms with Crippen LogP contribution in [-0.4, -0.2) is 29.6 Å². The van der Waals surface area contributed by atoms with Crippen molar-refractivity contribution in [3.8, 4) is 0 Å². The van der Waals surface area contributed by atoms with Gasteiger partial charge in [0.2, 0.25) is 0 Å². The summed E-state index contributed by atoms with van der Waals surface area (Å²) in [6.45, 7) is 5.48. The number of halogens is 1. The van der Waals surface area contributed by atoms with E-state index in [1.54, 1.807) is 6.92 Å². The second-order valence-electron chi connectivity index (χ2n) is 3.48. The number of ether oxygens (including phenoxy) is 1.